The first kappa shape index (κ1) is 15.2. The van der Waals surface area contributed by atoms with E-state index in [0.29, 0.717) is 18.4 Å². The second kappa shape index (κ2) is 7.01. The number of ether oxygens (including phenoxy) is 1. The van der Waals surface area contributed by atoms with E-state index in [1.165, 1.54) is 12.1 Å². The van der Waals surface area contributed by atoms with Crippen LogP contribution in [0.15, 0.2) is 24.3 Å². The fraction of sp³-hybridized carbons (Fsp3) is 0.588. The molecule has 1 atom stereocenters. The molecule has 3 rings (SSSR count). The predicted molar refractivity (Wildman–Crippen MR) is 87.4 cm³/mol. The predicted octanol–water partition coefficient (Wildman–Crippen LogP) is 1.49. The molecule has 0 bridgehead atoms. The molecule has 2 heterocycles. The van der Waals surface area contributed by atoms with E-state index in [9.17, 15) is 4.79 Å². The minimum atomic E-state index is 0.296. The van der Waals surface area contributed by atoms with E-state index in [4.69, 9.17) is 4.74 Å². The zero-order chi connectivity index (χ0) is 15.4. The van der Waals surface area contributed by atoms with Gasteiger partial charge in [0.1, 0.15) is 5.75 Å². The normalized spacial score (nSPS) is 22.0. The highest BCUT2D eigenvalue weighted by Gasteiger charge is 2.25. The molecule has 5 heteroatoms. The Labute approximate surface area is 132 Å². The lowest BCUT2D eigenvalue weighted by Gasteiger charge is -2.36. The molecular weight excluding hydrogens is 278 g/mol. The Hall–Kier alpha value is -1.75. The largest absolute Gasteiger partial charge is 0.497 e. The van der Waals surface area contributed by atoms with Gasteiger partial charge in [-0.15, -0.1) is 0 Å². The van der Waals surface area contributed by atoms with Crippen LogP contribution in [0.2, 0.25) is 0 Å². The van der Waals surface area contributed by atoms with Crippen LogP contribution in [0.25, 0.3) is 0 Å². The van der Waals surface area contributed by atoms with E-state index < -0.39 is 0 Å². The van der Waals surface area contributed by atoms with E-state index in [0.717, 1.165) is 44.9 Å². The van der Waals surface area contributed by atoms with Crippen LogP contribution in [0, 0.1) is 0 Å². The topological polar surface area (TPSA) is 44.8 Å². The van der Waals surface area contributed by atoms with E-state index in [1.807, 2.05) is 17.0 Å². The summed E-state index contributed by atoms with van der Waals surface area (Å²) in [6.07, 6.45) is 2.98. The quantitative estimate of drug-likeness (QED) is 0.915. The van der Waals surface area contributed by atoms with E-state index in [-0.39, 0.29) is 0 Å². The van der Waals surface area contributed by atoms with Crippen LogP contribution in [0.5, 0.6) is 5.75 Å². The smallest absolute Gasteiger partial charge is 0.224 e. The molecule has 22 heavy (non-hydrogen) atoms. The SMILES string of the molecule is COc1cccc(N2CCN(C(=O)CC3CCCN3)CC2)c1. The molecule has 0 spiro atoms. The van der Waals surface area contributed by atoms with Gasteiger partial charge in [0.2, 0.25) is 5.91 Å². The van der Waals surface area contributed by atoms with Crippen molar-refractivity contribution in [3.05, 3.63) is 24.3 Å². The fourth-order valence-corrected chi connectivity index (χ4v) is 3.29. The number of hydrogen-bond donors (Lipinski definition) is 1. The third-order valence-corrected chi connectivity index (χ3v) is 4.63. The Morgan fingerprint density at radius 1 is 1.32 bits per heavy atom. The molecule has 1 aromatic rings. The molecule has 1 unspecified atom stereocenters. The number of benzene rings is 1. The molecule has 120 valence electrons. The van der Waals surface area contributed by atoms with Gasteiger partial charge < -0.3 is 19.9 Å². The number of rotatable bonds is 4. The number of hydrogen-bond acceptors (Lipinski definition) is 4. The lowest BCUT2D eigenvalue weighted by atomic mass is 10.1. The molecule has 2 fully saturated rings. The molecule has 2 aliphatic rings. The van der Waals surface area contributed by atoms with Gasteiger partial charge in [-0.1, -0.05) is 6.07 Å². The average Bonchev–Trinajstić information content (AvgIpc) is 3.08. The van der Waals surface area contributed by atoms with Crippen molar-refractivity contribution < 1.29 is 9.53 Å². The van der Waals surface area contributed by atoms with Crippen molar-refractivity contribution in [2.45, 2.75) is 25.3 Å². The number of nitrogens with one attached hydrogen (secondary N) is 1. The number of carbonyl (C=O) groups is 1. The summed E-state index contributed by atoms with van der Waals surface area (Å²) < 4.78 is 5.28. The summed E-state index contributed by atoms with van der Waals surface area (Å²) >= 11 is 0. The number of anilines is 1. The van der Waals surface area contributed by atoms with E-state index in [1.54, 1.807) is 7.11 Å². The van der Waals surface area contributed by atoms with Crippen LogP contribution >= 0.6 is 0 Å². The van der Waals surface area contributed by atoms with Crippen LogP contribution in [0.1, 0.15) is 19.3 Å². The zero-order valence-electron chi connectivity index (χ0n) is 13.3. The highest BCUT2D eigenvalue weighted by atomic mass is 16.5. The van der Waals surface area contributed by atoms with Crippen LogP contribution in [0.3, 0.4) is 0 Å². The number of nitrogens with zero attached hydrogens (tertiary/aromatic N) is 2. The molecule has 0 aliphatic carbocycles. The minimum absolute atomic E-state index is 0.296. The van der Waals surface area contributed by atoms with Gasteiger partial charge in [0.15, 0.2) is 0 Å². The maximum Gasteiger partial charge on any atom is 0.224 e. The van der Waals surface area contributed by atoms with Crippen molar-refractivity contribution >= 4 is 11.6 Å². The summed E-state index contributed by atoms with van der Waals surface area (Å²) in [4.78, 5) is 16.7. The first-order chi connectivity index (χ1) is 10.8. The fourth-order valence-electron chi connectivity index (χ4n) is 3.29. The molecule has 2 saturated heterocycles. The van der Waals surface area contributed by atoms with E-state index in [2.05, 4.69) is 22.3 Å². The van der Waals surface area contributed by atoms with Gasteiger partial charge in [0.05, 0.1) is 7.11 Å². The van der Waals surface area contributed by atoms with Crippen molar-refractivity contribution in [1.82, 2.24) is 10.2 Å². The lowest BCUT2D eigenvalue weighted by molar-refractivity contribution is -0.131. The first-order valence-electron chi connectivity index (χ1n) is 8.16. The molecule has 0 aromatic heterocycles. The third kappa shape index (κ3) is 3.53. The Morgan fingerprint density at radius 2 is 2.14 bits per heavy atom. The van der Waals surface area contributed by atoms with Gasteiger partial charge in [-0.2, -0.15) is 0 Å². The van der Waals surface area contributed by atoms with E-state index >= 15 is 0 Å². The molecule has 0 saturated carbocycles. The van der Waals surface area contributed by atoms with Gasteiger partial charge in [-0.05, 0) is 31.5 Å². The molecule has 2 aliphatic heterocycles. The van der Waals surface area contributed by atoms with Crippen molar-refractivity contribution in [1.29, 1.82) is 0 Å². The van der Waals surface area contributed by atoms with Gasteiger partial charge in [0.25, 0.3) is 0 Å². The van der Waals surface area contributed by atoms with Gasteiger partial charge >= 0.3 is 0 Å². The number of amides is 1. The monoisotopic (exact) mass is 303 g/mol. The number of carbonyl (C=O) groups excluding carboxylic acids is 1. The van der Waals surface area contributed by atoms with Crippen molar-refractivity contribution in [3.63, 3.8) is 0 Å². The number of piperazine rings is 1. The number of methoxy groups -OCH3 is 1. The van der Waals surface area contributed by atoms with Gasteiger partial charge in [-0.25, -0.2) is 0 Å². The summed E-state index contributed by atoms with van der Waals surface area (Å²) in [7, 11) is 1.69. The van der Waals surface area contributed by atoms with Crippen molar-refractivity contribution in [2.75, 3.05) is 44.7 Å². The standard InChI is InChI=1S/C17H25N3O2/c1-22-16-6-2-5-15(13-16)19-8-10-20(11-9-19)17(21)12-14-4-3-7-18-14/h2,5-6,13-14,18H,3-4,7-12H2,1H3. The highest BCUT2D eigenvalue weighted by molar-refractivity contribution is 5.77. The second-order valence-corrected chi connectivity index (χ2v) is 6.07. The first-order valence-corrected chi connectivity index (χ1v) is 8.16. The Bertz CT molecular complexity index is 506. The van der Waals surface area contributed by atoms with Gasteiger partial charge in [0, 0.05) is 50.4 Å². The zero-order valence-corrected chi connectivity index (χ0v) is 13.3. The lowest BCUT2D eigenvalue weighted by Crippen LogP contribution is -2.49. The minimum Gasteiger partial charge on any atom is -0.497 e. The second-order valence-electron chi connectivity index (χ2n) is 6.07. The maximum absolute atomic E-state index is 12.3. The Kier molecular flexibility index (Phi) is 4.83. The summed E-state index contributed by atoms with van der Waals surface area (Å²) in [5, 5.41) is 3.40. The molecule has 1 aromatic carbocycles. The summed E-state index contributed by atoms with van der Waals surface area (Å²) in [6, 6.07) is 8.52. The molecule has 0 radical (unpaired) electrons. The Balaban J connectivity index is 1.52. The van der Waals surface area contributed by atoms with Crippen molar-refractivity contribution in [3.8, 4) is 5.75 Å². The molecule has 1 amide bonds. The summed E-state index contributed by atoms with van der Waals surface area (Å²) in [6.45, 7) is 4.45. The maximum atomic E-state index is 12.3. The van der Waals surface area contributed by atoms with Crippen LogP contribution in [-0.4, -0.2) is 56.7 Å². The highest BCUT2D eigenvalue weighted by Crippen LogP contribution is 2.22. The average molecular weight is 303 g/mol. The van der Waals surface area contributed by atoms with Crippen LogP contribution in [0.4, 0.5) is 5.69 Å². The molecule has 1 N–H and O–H groups in total. The summed E-state index contributed by atoms with van der Waals surface area (Å²) in [5.74, 6) is 1.17. The summed E-state index contributed by atoms with van der Waals surface area (Å²) in [5.41, 5.74) is 1.17. The third-order valence-electron chi connectivity index (χ3n) is 4.63. The molecular formula is C17H25N3O2. The molecule has 5 nitrogen and oxygen atoms in total. The van der Waals surface area contributed by atoms with Crippen LogP contribution in [-0.2, 0) is 4.79 Å². The van der Waals surface area contributed by atoms with Crippen LogP contribution < -0.4 is 15.0 Å². The van der Waals surface area contributed by atoms with Crippen molar-refractivity contribution in [2.24, 2.45) is 0 Å². The van der Waals surface area contributed by atoms with Gasteiger partial charge in [-0.3, -0.25) is 4.79 Å². The Morgan fingerprint density at radius 3 is 2.82 bits per heavy atom.